The fourth-order valence-electron chi connectivity index (χ4n) is 3.46. The molecule has 0 aliphatic carbocycles. The molecule has 0 aliphatic rings. The van der Waals surface area contributed by atoms with Gasteiger partial charge in [0, 0.05) is 24.1 Å². The standard InChI is InChI=1S/C24H27N5O8/c1-34-18-6-5-14(9-16(18)27-22(31)13-25-21(30)7-8-23(32)33)17-12-26-28-29(17)15-10-19(35-2)24(37-4)20(11-15)36-3/h5-6,9-12H,7-8,13H2,1-4H3,(H,25,30)(H,27,31)(H,32,33). The largest absolute Gasteiger partial charge is 0.495 e. The molecule has 1 heterocycles. The Bertz CT molecular complexity index is 1260. The van der Waals surface area contributed by atoms with Gasteiger partial charge in [-0.25, -0.2) is 4.68 Å². The Balaban J connectivity index is 1.87. The van der Waals surface area contributed by atoms with Gasteiger partial charge in [0.05, 0.1) is 64.7 Å². The van der Waals surface area contributed by atoms with Crippen molar-refractivity contribution in [3.8, 4) is 39.9 Å². The molecule has 13 nitrogen and oxygen atoms in total. The molecule has 0 atom stereocenters. The molecule has 3 N–H and O–H groups in total. The minimum atomic E-state index is -1.10. The third kappa shape index (κ3) is 6.45. The molecule has 0 saturated carbocycles. The van der Waals surface area contributed by atoms with E-state index in [9.17, 15) is 14.4 Å². The van der Waals surface area contributed by atoms with Crippen LogP contribution in [0.1, 0.15) is 12.8 Å². The number of carboxylic acid groups (broad SMARTS) is 1. The van der Waals surface area contributed by atoms with Crippen molar-refractivity contribution in [3.05, 3.63) is 36.5 Å². The summed E-state index contributed by atoms with van der Waals surface area (Å²) in [5.74, 6) is -0.464. The van der Waals surface area contributed by atoms with Crippen LogP contribution >= 0.6 is 0 Å². The first-order chi connectivity index (χ1) is 17.8. The number of hydrogen-bond donors (Lipinski definition) is 3. The number of carbonyl (C=O) groups excluding carboxylic acids is 2. The minimum Gasteiger partial charge on any atom is -0.495 e. The average molecular weight is 514 g/mol. The Hall–Kier alpha value is -4.81. The predicted molar refractivity (Wildman–Crippen MR) is 132 cm³/mol. The third-order valence-corrected chi connectivity index (χ3v) is 5.22. The maximum absolute atomic E-state index is 12.4. The summed E-state index contributed by atoms with van der Waals surface area (Å²) in [5.41, 5.74) is 2.18. The minimum absolute atomic E-state index is 0.223. The monoisotopic (exact) mass is 513 g/mol. The summed E-state index contributed by atoms with van der Waals surface area (Å²) in [6, 6.07) is 8.56. The van der Waals surface area contributed by atoms with Crippen molar-refractivity contribution in [2.24, 2.45) is 0 Å². The fourth-order valence-corrected chi connectivity index (χ4v) is 3.46. The van der Waals surface area contributed by atoms with Crippen LogP contribution in [0, 0.1) is 0 Å². The number of aromatic nitrogens is 3. The molecule has 3 aromatic rings. The van der Waals surface area contributed by atoms with E-state index in [4.69, 9.17) is 24.1 Å². The zero-order valence-electron chi connectivity index (χ0n) is 20.7. The van der Waals surface area contributed by atoms with E-state index in [1.807, 2.05) is 0 Å². The highest BCUT2D eigenvalue weighted by atomic mass is 16.5. The van der Waals surface area contributed by atoms with Crippen molar-refractivity contribution in [2.45, 2.75) is 12.8 Å². The number of amides is 2. The van der Waals surface area contributed by atoms with E-state index in [1.54, 1.807) is 41.2 Å². The molecule has 1 aromatic heterocycles. The highest BCUT2D eigenvalue weighted by Gasteiger charge is 2.18. The number of nitrogens with one attached hydrogen (secondary N) is 2. The summed E-state index contributed by atoms with van der Waals surface area (Å²) in [4.78, 5) is 34.8. The second-order valence-electron chi connectivity index (χ2n) is 7.55. The van der Waals surface area contributed by atoms with Crippen LogP contribution in [0.4, 0.5) is 5.69 Å². The highest BCUT2D eigenvalue weighted by molar-refractivity contribution is 5.96. The molecule has 0 fully saturated rings. The number of benzene rings is 2. The topological polar surface area (TPSA) is 163 Å². The second kappa shape index (κ2) is 12.2. The summed E-state index contributed by atoms with van der Waals surface area (Å²) >= 11 is 0. The lowest BCUT2D eigenvalue weighted by molar-refractivity contribution is -0.138. The lowest BCUT2D eigenvalue weighted by Gasteiger charge is -2.16. The van der Waals surface area contributed by atoms with Crippen LogP contribution in [0.15, 0.2) is 36.5 Å². The molecular formula is C24H27N5O8. The number of rotatable bonds is 12. The summed E-state index contributed by atoms with van der Waals surface area (Å²) in [6.07, 6.45) is 1.01. The van der Waals surface area contributed by atoms with E-state index in [0.29, 0.717) is 45.6 Å². The number of nitrogens with zero attached hydrogens (tertiary/aromatic N) is 3. The number of methoxy groups -OCH3 is 4. The molecule has 0 radical (unpaired) electrons. The van der Waals surface area contributed by atoms with Gasteiger partial charge in [0.25, 0.3) is 0 Å². The third-order valence-electron chi connectivity index (χ3n) is 5.22. The molecule has 0 bridgehead atoms. The number of carboxylic acids is 1. The lowest BCUT2D eigenvalue weighted by atomic mass is 10.1. The molecule has 3 rings (SSSR count). The first-order valence-corrected chi connectivity index (χ1v) is 11.0. The quantitative estimate of drug-likeness (QED) is 0.326. The van der Waals surface area contributed by atoms with Gasteiger partial charge in [-0.2, -0.15) is 0 Å². The zero-order valence-corrected chi connectivity index (χ0v) is 20.7. The average Bonchev–Trinajstić information content (AvgIpc) is 3.39. The molecule has 0 saturated heterocycles. The van der Waals surface area contributed by atoms with Gasteiger partial charge in [0.15, 0.2) is 11.5 Å². The molecular weight excluding hydrogens is 486 g/mol. The molecule has 37 heavy (non-hydrogen) atoms. The number of ether oxygens (including phenoxy) is 4. The van der Waals surface area contributed by atoms with Gasteiger partial charge in [-0.15, -0.1) is 5.10 Å². The summed E-state index contributed by atoms with van der Waals surface area (Å²) in [6.45, 7) is -0.337. The summed E-state index contributed by atoms with van der Waals surface area (Å²) in [5, 5.41) is 22.0. The highest BCUT2D eigenvalue weighted by Crippen LogP contribution is 2.40. The molecule has 13 heteroatoms. The summed E-state index contributed by atoms with van der Waals surface area (Å²) in [7, 11) is 5.99. The van der Waals surface area contributed by atoms with E-state index in [-0.39, 0.29) is 19.4 Å². The first-order valence-electron chi connectivity index (χ1n) is 11.0. The molecule has 2 aromatic carbocycles. The van der Waals surface area contributed by atoms with E-state index in [2.05, 4.69) is 20.9 Å². The number of anilines is 1. The maximum atomic E-state index is 12.4. The Morgan fingerprint density at radius 3 is 2.16 bits per heavy atom. The molecule has 0 unspecified atom stereocenters. The first kappa shape index (κ1) is 26.8. The second-order valence-corrected chi connectivity index (χ2v) is 7.55. The lowest BCUT2D eigenvalue weighted by Crippen LogP contribution is -2.33. The van der Waals surface area contributed by atoms with E-state index < -0.39 is 17.8 Å². The van der Waals surface area contributed by atoms with Gasteiger partial charge in [0.2, 0.25) is 17.6 Å². The summed E-state index contributed by atoms with van der Waals surface area (Å²) < 4.78 is 23.2. The Labute approximate surface area is 212 Å². The van der Waals surface area contributed by atoms with Crippen LogP contribution in [0.5, 0.6) is 23.0 Å². The van der Waals surface area contributed by atoms with E-state index in [0.717, 1.165) is 0 Å². The van der Waals surface area contributed by atoms with Gasteiger partial charge >= 0.3 is 5.97 Å². The van der Waals surface area contributed by atoms with Gasteiger partial charge in [-0.05, 0) is 18.2 Å². The van der Waals surface area contributed by atoms with Crippen molar-refractivity contribution in [1.82, 2.24) is 20.3 Å². The van der Waals surface area contributed by atoms with Crippen LogP contribution < -0.4 is 29.6 Å². The normalized spacial score (nSPS) is 10.4. The Kier molecular flexibility index (Phi) is 8.86. The van der Waals surface area contributed by atoms with Gasteiger partial charge < -0.3 is 34.7 Å². The van der Waals surface area contributed by atoms with Gasteiger partial charge in [-0.3, -0.25) is 14.4 Å². The number of aliphatic carboxylic acids is 1. The van der Waals surface area contributed by atoms with Crippen molar-refractivity contribution < 1.29 is 38.4 Å². The Morgan fingerprint density at radius 1 is 0.892 bits per heavy atom. The molecule has 0 spiro atoms. The number of carbonyl (C=O) groups is 3. The predicted octanol–water partition coefficient (Wildman–Crippen LogP) is 1.89. The van der Waals surface area contributed by atoms with Gasteiger partial charge in [0.1, 0.15) is 5.75 Å². The van der Waals surface area contributed by atoms with Crippen molar-refractivity contribution >= 4 is 23.5 Å². The van der Waals surface area contributed by atoms with Crippen molar-refractivity contribution in [2.75, 3.05) is 40.3 Å². The Morgan fingerprint density at radius 2 is 1.57 bits per heavy atom. The molecule has 0 aliphatic heterocycles. The van der Waals surface area contributed by atoms with E-state index in [1.165, 1.54) is 28.4 Å². The van der Waals surface area contributed by atoms with Crippen LogP contribution in [0.3, 0.4) is 0 Å². The van der Waals surface area contributed by atoms with Gasteiger partial charge in [-0.1, -0.05) is 5.21 Å². The zero-order chi connectivity index (χ0) is 26.9. The van der Waals surface area contributed by atoms with E-state index >= 15 is 0 Å². The molecule has 196 valence electrons. The maximum Gasteiger partial charge on any atom is 0.303 e. The van der Waals surface area contributed by atoms with Crippen molar-refractivity contribution in [3.63, 3.8) is 0 Å². The molecule has 2 amide bonds. The fraction of sp³-hybridized carbons (Fsp3) is 0.292. The van der Waals surface area contributed by atoms with Crippen LogP contribution in [-0.4, -0.2) is 72.9 Å². The SMILES string of the molecule is COc1ccc(-c2cnnn2-c2cc(OC)c(OC)c(OC)c2)cc1NC(=O)CNC(=O)CCC(=O)O. The van der Waals surface area contributed by atoms with Crippen molar-refractivity contribution in [1.29, 1.82) is 0 Å². The van der Waals surface area contributed by atoms with Crippen LogP contribution in [-0.2, 0) is 14.4 Å². The van der Waals surface area contributed by atoms with Crippen LogP contribution in [0.2, 0.25) is 0 Å². The smallest absolute Gasteiger partial charge is 0.303 e. The number of hydrogen-bond acceptors (Lipinski definition) is 9. The van der Waals surface area contributed by atoms with Crippen LogP contribution in [0.25, 0.3) is 16.9 Å².